The second-order valence-electron chi connectivity index (χ2n) is 4.02. The Labute approximate surface area is 132 Å². The molecule has 0 saturated carbocycles. The average Bonchev–Trinajstić information content (AvgIpc) is 2.88. The molecule has 0 saturated heterocycles. The zero-order valence-corrected chi connectivity index (χ0v) is 13.2. The van der Waals surface area contributed by atoms with E-state index in [2.05, 4.69) is 16.6 Å². The van der Waals surface area contributed by atoms with Crippen LogP contribution in [0.15, 0.2) is 40.6 Å². The highest BCUT2D eigenvalue weighted by Gasteiger charge is 2.16. The first-order chi connectivity index (χ1) is 10.0. The smallest absolute Gasteiger partial charge is 0.271 e. The van der Waals surface area contributed by atoms with Crippen molar-refractivity contribution < 1.29 is 13.5 Å². The molecule has 7 heteroatoms. The Morgan fingerprint density at radius 1 is 1.19 bits per heavy atom. The molecule has 0 aliphatic carbocycles. The van der Waals surface area contributed by atoms with Crippen LogP contribution in [0.25, 0.3) is 0 Å². The summed E-state index contributed by atoms with van der Waals surface area (Å²) in [4.78, 5) is 0. The number of nitrogens with one attached hydrogen (secondary N) is 1. The molecule has 0 radical (unpaired) electrons. The number of benzene rings is 1. The molecular formula is C14H12ClNO3S2. The van der Waals surface area contributed by atoms with Crippen molar-refractivity contribution >= 4 is 38.6 Å². The third kappa shape index (κ3) is 4.48. The van der Waals surface area contributed by atoms with Crippen LogP contribution in [-0.4, -0.2) is 20.1 Å². The quantitative estimate of drug-likeness (QED) is 0.840. The van der Waals surface area contributed by atoms with Gasteiger partial charge in [-0.2, -0.15) is 0 Å². The van der Waals surface area contributed by atoms with Gasteiger partial charge < -0.3 is 5.11 Å². The van der Waals surface area contributed by atoms with Crippen LogP contribution in [0.5, 0.6) is 0 Å². The standard InChI is InChI=1S/C14H12ClNO3S2/c15-13-8-9-14(20-13)21(18,19)16-12-6-4-11(5-7-12)3-1-2-10-17/h4-9,16-17H,2,10H2. The Hall–Kier alpha value is -1.52. The number of hydrogen-bond acceptors (Lipinski definition) is 4. The summed E-state index contributed by atoms with van der Waals surface area (Å²) in [6.07, 6.45) is 0.410. The van der Waals surface area contributed by atoms with Gasteiger partial charge >= 0.3 is 0 Å². The lowest BCUT2D eigenvalue weighted by Gasteiger charge is -2.05. The van der Waals surface area contributed by atoms with Crippen LogP contribution < -0.4 is 4.72 Å². The third-order valence-corrected chi connectivity index (χ3v) is 5.52. The fourth-order valence-electron chi connectivity index (χ4n) is 1.49. The maximum atomic E-state index is 12.1. The monoisotopic (exact) mass is 341 g/mol. The van der Waals surface area contributed by atoms with Gasteiger partial charge in [-0.15, -0.1) is 11.3 Å². The van der Waals surface area contributed by atoms with Crippen LogP contribution >= 0.6 is 22.9 Å². The minimum atomic E-state index is -3.61. The van der Waals surface area contributed by atoms with E-state index >= 15 is 0 Å². The number of anilines is 1. The van der Waals surface area contributed by atoms with Crippen LogP contribution in [0.1, 0.15) is 12.0 Å². The molecule has 0 amide bonds. The second kappa shape index (κ2) is 6.96. The van der Waals surface area contributed by atoms with Gasteiger partial charge in [0.05, 0.1) is 10.9 Å². The van der Waals surface area contributed by atoms with Gasteiger partial charge in [0.1, 0.15) is 4.21 Å². The normalized spacial score (nSPS) is 10.8. The average molecular weight is 342 g/mol. The number of aliphatic hydroxyl groups excluding tert-OH is 1. The van der Waals surface area contributed by atoms with Gasteiger partial charge in [0.2, 0.25) is 0 Å². The highest BCUT2D eigenvalue weighted by atomic mass is 35.5. The van der Waals surface area contributed by atoms with E-state index < -0.39 is 10.0 Å². The van der Waals surface area contributed by atoms with E-state index in [1.54, 1.807) is 30.3 Å². The van der Waals surface area contributed by atoms with Gasteiger partial charge in [-0.1, -0.05) is 23.4 Å². The maximum absolute atomic E-state index is 12.1. The summed E-state index contributed by atoms with van der Waals surface area (Å²) in [5.74, 6) is 5.66. The van der Waals surface area contributed by atoms with E-state index in [0.717, 1.165) is 16.9 Å². The molecule has 1 heterocycles. The van der Waals surface area contributed by atoms with Crippen molar-refractivity contribution in [2.24, 2.45) is 0 Å². The van der Waals surface area contributed by atoms with E-state index in [-0.39, 0.29) is 10.8 Å². The third-order valence-electron chi connectivity index (χ3n) is 2.42. The van der Waals surface area contributed by atoms with Crippen LogP contribution in [-0.2, 0) is 10.0 Å². The summed E-state index contributed by atoms with van der Waals surface area (Å²) in [6.45, 7) is 0.0221. The van der Waals surface area contributed by atoms with E-state index in [1.807, 2.05) is 0 Å². The Morgan fingerprint density at radius 3 is 2.48 bits per heavy atom. The Bertz CT molecular complexity index is 771. The zero-order chi connectivity index (χ0) is 15.3. The van der Waals surface area contributed by atoms with Crippen molar-refractivity contribution in [1.29, 1.82) is 0 Å². The summed E-state index contributed by atoms with van der Waals surface area (Å²) in [5, 5.41) is 8.64. The van der Waals surface area contributed by atoms with E-state index in [4.69, 9.17) is 16.7 Å². The summed E-state index contributed by atoms with van der Waals surface area (Å²) in [6, 6.07) is 9.70. The van der Waals surface area contributed by atoms with Crippen molar-refractivity contribution in [2.45, 2.75) is 10.6 Å². The fourth-order valence-corrected chi connectivity index (χ4v) is 4.03. The number of aliphatic hydroxyl groups is 1. The molecule has 0 fully saturated rings. The van der Waals surface area contributed by atoms with Crippen molar-refractivity contribution in [1.82, 2.24) is 0 Å². The predicted molar refractivity (Wildman–Crippen MR) is 85.2 cm³/mol. The number of rotatable bonds is 4. The zero-order valence-electron chi connectivity index (χ0n) is 10.8. The van der Waals surface area contributed by atoms with Crippen molar-refractivity contribution in [2.75, 3.05) is 11.3 Å². The highest BCUT2D eigenvalue weighted by molar-refractivity contribution is 7.94. The van der Waals surface area contributed by atoms with Crippen LogP contribution in [0.3, 0.4) is 0 Å². The Morgan fingerprint density at radius 2 is 1.90 bits per heavy atom. The van der Waals surface area contributed by atoms with Gasteiger partial charge in [0.15, 0.2) is 0 Å². The van der Waals surface area contributed by atoms with Crippen molar-refractivity contribution in [3.63, 3.8) is 0 Å². The van der Waals surface area contributed by atoms with Gasteiger partial charge in [0.25, 0.3) is 10.0 Å². The molecule has 0 atom stereocenters. The van der Waals surface area contributed by atoms with Crippen molar-refractivity contribution in [3.05, 3.63) is 46.3 Å². The summed E-state index contributed by atoms with van der Waals surface area (Å²) in [5.41, 5.74) is 1.21. The lowest BCUT2D eigenvalue weighted by atomic mass is 10.2. The molecule has 0 aliphatic heterocycles. The van der Waals surface area contributed by atoms with Crippen LogP contribution in [0.4, 0.5) is 5.69 Å². The predicted octanol–water partition coefficient (Wildman–Crippen LogP) is 2.94. The Balaban J connectivity index is 2.12. The summed E-state index contributed by atoms with van der Waals surface area (Å²) >= 11 is 6.74. The minimum absolute atomic E-state index is 0.0221. The molecule has 2 N–H and O–H groups in total. The number of thiophene rings is 1. The van der Waals surface area contributed by atoms with E-state index in [1.165, 1.54) is 6.07 Å². The molecule has 0 bridgehead atoms. The van der Waals surface area contributed by atoms with E-state index in [9.17, 15) is 8.42 Å². The first-order valence-corrected chi connectivity index (χ1v) is 8.67. The molecule has 21 heavy (non-hydrogen) atoms. The molecular weight excluding hydrogens is 330 g/mol. The first-order valence-electron chi connectivity index (χ1n) is 5.99. The molecule has 0 aliphatic rings. The largest absolute Gasteiger partial charge is 0.395 e. The second-order valence-corrected chi connectivity index (χ2v) is 7.64. The summed E-state index contributed by atoms with van der Waals surface area (Å²) in [7, 11) is -3.61. The number of halogens is 1. The van der Waals surface area contributed by atoms with Gasteiger partial charge in [0, 0.05) is 17.7 Å². The SMILES string of the molecule is O=S(=O)(Nc1ccc(C#CCCO)cc1)c1ccc(Cl)s1. The van der Waals surface area contributed by atoms with Gasteiger partial charge in [-0.25, -0.2) is 8.42 Å². The number of sulfonamides is 1. The van der Waals surface area contributed by atoms with Crippen LogP contribution in [0, 0.1) is 11.8 Å². The molecule has 1 aromatic heterocycles. The lowest BCUT2D eigenvalue weighted by Crippen LogP contribution is -2.11. The molecule has 4 nitrogen and oxygen atoms in total. The van der Waals surface area contributed by atoms with Crippen LogP contribution in [0.2, 0.25) is 4.34 Å². The number of hydrogen-bond donors (Lipinski definition) is 2. The van der Waals surface area contributed by atoms with Crippen molar-refractivity contribution in [3.8, 4) is 11.8 Å². The Kier molecular flexibility index (Phi) is 5.26. The fraction of sp³-hybridized carbons (Fsp3) is 0.143. The molecule has 2 aromatic rings. The molecule has 0 unspecified atom stereocenters. The van der Waals surface area contributed by atoms with E-state index in [0.29, 0.717) is 16.4 Å². The highest BCUT2D eigenvalue weighted by Crippen LogP contribution is 2.27. The first kappa shape index (κ1) is 15.9. The molecule has 0 spiro atoms. The lowest BCUT2D eigenvalue weighted by molar-refractivity contribution is 0.305. The topological polar surface area (TPSA) is 66.4 Å². The van der Waals surface area contributed by atoms with Gasteiger partial charge in [-0.3, -0.25) is 4.72 Å². The molecule has 110 valence electrons. The van der Waals surface area contributed by atoms with Gasteiger partial charge in [-0.05, 0) is 36.4 Å². The molecule has 2 rings (SSSR count). The maximum Gasteiger partial charge on any atom is 0.271 e. The molecule has 1 aromatic carbocycles. The minimum Gasteiger partial charge on any atom is -0.395 e. The summed E-state index contributed by atoms with van der Waals surface area (Å²) < 4.78 is 27.3.